The van der Waals surface area contributed by atoms with Crippen LogP contribution in [0.2, 0.25) is 0 Å². The van der Waals surface area contributed by atoms with Gasteiger partial charge in [0.15, 0.2) is 5.82 Å². The Morgan fingerprint density at radius 2 is 2.10 bits per heavy atom. The molecule has 0 radical (unpaired) electrons. The number of hydrogen-bond donors (Lipinski definition) is 1. The Kier molecular flexibility index (Phi) is 5.10. The highest BCUT2D eigenvalue weighted by atomic mass is 15.6. The Balaban J connectivity index is 2.06. The van der Waals surface area contributed by atoms with E-state index >= 15 is 0 Å². The van der Waals surface area contributed by atoms with E-state index in [1.807, 2.05) is 7.05 Å². The molecular weight excluding hydrogens is 252 g/mol. The average molecular weight is 280 g/mol. The van der Waals surface area contributed by atoms with Gasteiger partial charge < -0.3 is 5.32 Å². The van der Waals surface area contributed by atoms with Crippen molar-refractivity contribution in [2.45, 2.75) is 52.7 Å². The Hall–Kier alpha value is -1.01. The van der Waals surface area contributed by atoms with Crippen molar-refractivity contribution in [1.82, 2.24) is 30.4 Å². The highest BCUT2D eigenvalue weighted by Crippen LogP contribution is 2.21. The molecule has 1 fully saturated rings. The third-order valence-corrected chi connectivity index (χ3v) is 4.48. The maximum absolute atomic E-state index is 4.32. The quantitative estimate of drug-likeness (QED) is 0.874. The highest BCUT2D eigenvalue weighted by molar-refractivity contribution is 4.92. The number of rotatable bonds is 5. The van der Waals surface area contributed by atoms with Crippen LogP contribution in [0.1, 0.15) is 39.9 Å². The summed E-state index contributed by atoms with van der Waals surface area (Å²) >= 11 is 0. The molecule has 3 unspecified atom stereocenters. The normalized spacial score (nSPS) is 26.1. The first-order chi connectivity index (χ1) is 9.51. The zero-order chi connectivity index (χ0) is 14.7. The van der Waals surface area contributed by atoms with Crippen LogP contribution in [0.15, 0.2) is 0 Å². The van der Waals surface area contributed by atoms with Crippen LogP contribution < -0.4 is 5.32 Å². The van der Waals surface area contributed by atoms with Gasteiger partial charge in [-0.05, 0) is 17.0 Å². The zero-order valence-electron chi connectivity index (χ0n) is 13.4. The summed E-state index contributed by atoms with van der Waals surface area (Å²) in [5.41, 5.74) is 0. The van der Waals surface area contributed by atoms with Crippen molar-refractivity contribution in [2.24, 2.45) is 18.9 Å². The van der Waals surface area contributed by atoms with Crippen LogP contribution in [0.3, 0.4) is 0 Å². The van der Waals surface area contributed by atoms with Gasteiger partial charge in [-0.3, -0.25) is 4.90 Å². The molecule has 0 aliphatic carbocycles. The first kappa shape index (κ1) is 15.4. The molecule has 20 heavy (non-hydrogen) atoms. The number of piperazine rings is 1. The minimum atomic E-state index is 0.541. The lowest BCUT2D eigenvalue weighted by atomic mass is 9.92. The van der Waals surface area contributed by atoms with Crippen LogP contribution in [-0.4, -0.2) is 50.3 Å². The van der Waals surface area contributed by atoms with E-state index in [1.165, 1.54) is 11.2 Å². The molecular formula is C14H28N6. The summed E-state index contributed by atoms with van der Waals surface area (Å²) in [5, 5.41) is 16.1. The molecule has 2 rings (SSSR count). The SMILES string of the molecule is CCC(C)C1CN(Cc2nnn(C)n2)C(C(C)C)CN1. The zero-order valence-corrected chi connectivity index (χ0v) is 13.4. The Bertz CT molecular complexity index is 416. The molecule has 1 aromatic rings. The van der Waals surface area contributed by atoms with Crippen molar-refractivity contribution in [3.05, 3.63) is 5.82 Å². The third kappa shape index (κ3) is 3.55. The predicted octanol–water partition coefficient (Wildman–Crippen LogP) is 1.05. The third-order valence-electron chi connectivity index (χ3n) is 4.48. The van der Waals surface area contributed by atoms with Gasteiger partial charge in [0.05, 0.1) is 13.6 Å². The molecule has 1 aliphatic heterocycles. The molecule has 1 aliphatic rings. The molecule has 0 saturated carbocycles. The standard InChI is InChI=1S/C14H28N6/c1-6-11(4)12-8-20(13(7-15-12)10(2)3)9-14-16-18-19(5)17-14/h10-13,15H,6-9H2,1-5H3. The van der Waals surface area contributed by atoms with Crippen molar-refractivity contribution in [3.63, 3.8) is 0 Å². The van der Waals surface area contributed by atoms with Gasteiger partial charge in [-0.25, -0.2) is 0 Å². The van der Waals surface area contributed by atoms with Gasteiger partial charge in [-0.15, -0.1) is 10.2 Å². The Labute approximate surface area is 121 Å². The highest BCUT2D eigenvalue weighted by Gasteiger charge is 2.32. The van der Waals surface area contributed by atoms with Crippen LogP contribution in [-0.2, 0) is 13.6 Å². The second-order valence-corrected chi connectivity index (χ2v) is 6.34. The van der Waals surface area contributed by atoms with Crippen LogP contribution in [0.4, 0.5) is 0 Å². The lowest BCUT2D eigenvalue weighted by molar-refractivity contribution is 0.0729. The lowest BCUT2D eigenvalue weighted by Gasteiger charge is -2.43. The summed E-state index contributed by atoms with van der Waals surface area (Å²) in [6, 6.07) is 1.10. The van der Waals surface area contributed by atoms with E-state index in [0.29, 0.717) is 23.9 Å². The minimum Gasteiger partial charge on any atom is -0.311 e. The fourth-order valence-electron chi connectivity index (χ4n) is 2.93. The first-order valence-electron chi connectivity index (χ1n) is 7.71. The second kappa shape index (κ2) is 6.63. The molecule has 0 bridgehead atoms. The molecule has 0 aromatic carbocycles. The number of nitrogens with zero attached hydrogens (tertiary/aromatic N) is 5. The first-order valence-corrected chi connectivity index (χ1v) is 7.71. The van der Waals surface area contributed by atoms with Crippen molar-refractivity contribution in [2.75, 3.05) is 13.1 Å². The summed E-state index contributed by atoms with van der Waals surface area (Å²) in [6.07, 6.45) is 1.21. The maximum atomic E-state index is 4.32. The number of hydrogen-bond acceptors (Lipinski definition) is 5. The van der Waals surface area contributed by atoms with E-state index in [0.717, 1.165) is 25.5 Å². The summed E-state index contributed by atoms with van der Waals surface area (Å²) in [6.45, 7) is 12.1. The smallest absolute Gasteiger partial charge is 0.188 e. The van der Waals surface area contributed by atoms with E-state index in [2.05, 4.69) is 53.3 Å². The maximum Gasteiger partial charge on any atom is 0.188 e. The summed E-state index contributed by atoms with van der Waals surface area (Å²) in [5.74, 6) is 2.14. The molecule has 6 nitrogen and oxygen atoms in total. The van der Waals surface area contributed by atoms with Gasteiger partial charge in [0, 0.05) is 25.2 Å². The lowest BCUT2D eigenvalue weighted by Crippen LogP contribution is -2.59. The van der Waals surface area contributed by atoms with Crippen molar-refractivity contribution >= 4 is 0 Å². The second-order valence-electron chi connectivity index (χ2n) is 6.34. The van der Waals surface area contributed by atoms with Crippen LogP contribution >= 0.6 is 0 Å². The van der Waals surface area contributed by atoms with E-state index < -0.39 is 0 Å². The molecule has 0 amide bonds. The molecule has 3 atom stereocenters. The van der Waals surface area contributed by atoms with Crippen LogP contribution in [0.25, 0.3) is 0 Å². The number of nitrogens with one attached hydrogen (secondary N) is 1. The molecule has 1 aromatic heterocycles. The fourth-order valence-corrected chi connectivity index (χ4v) is 2.93. The monoisotopic (exact) mass is 280 g/mol. The van der Waals surface area contributed by atoms with Crippen LogP contribution in [0.5, 0.6) is 0 Å². The van der Waals surface area contributed by atoms with E-state index in [4.69, 9.17) is 0 Å². The van der Waals surface area contributed by atoms with Gasteiger partial charge >= 0.3 is 0 Å². The van der Waals surface area contributed by atoms with Gasteiger partial charge in [0.2, 0.25) is 0 Å². The predicted molar refractivity (Wildman–Crippen MR) is 79.1 cm³/mol. The van der Waals surface area contributed by atoms with Gasteiger partial charge in [0.1, 0.15) is 0 Å². The average Bonchev–Trinajstić information content (AvgIpc) is 2.82. The van der Waals surface area contributed by atoms with Crippen molar-refractivity contribution < 1.29 is 0 Å². The number of tetrazole rings is 1. The summed E-state index contributed by atoms with van der Waals surface area (Å²) in [4.78, 5) is 4.06. The number of aromatic nitrogens is 4. The molecule has 1 N–H and O–H groups in total. The summed E-state index contributed by atoms with van der Waals surface area (Å²) < 4.78 is 0. The molecule has 114 valence electrons. The molecule has 1 saturated heterocycles. The molecule has 6 heteroatoms. The van der Waals surface area contributed by atoms with Gasteiger partial charge in [-0.2, -0.15) is 4.80 Å². The van der Waals surface area contributed by atoms with E-state index in [9.17, 15) is 0 Å². The van der Waals surface area contributed by atoms with Crippen molar-refractivity contribution in [3.8, 4) is 0 Å². The topological polar surface area (TPSA) is 58.9 Å². The largest absolute Gasteiger partial charge is 0.311 e. The molecule has 0 spiro atoms. The minimum absolute atomic E-state index is 0.541. The van der Waals surface area contributed by atoms with Gasteiger partial charge in [0.25, 0.3) is 0 Å². The fraction of sp³-hybridized carbons (Fsp3) is 0.929. The van der Waals surface area contributed by atoms with E-state index in [-0.39, 0.29) is 0 Å². The van der Waals surface area contributed by atoms with Crippen molar-refractivity contribution in [1.29, 1.82) is 0 Å². The number of aryl methyl sites for hydroxylation is 1. The van der Waals surface area contributed by atoms with Gasteiger partial charge in [-0.1, -0.05) is 34.1 Å². The molecule has 2 heterocycles. The Morgan fingerprint density at radius 1 is 1.35 bits per heavy atom. The van der Waals surface area contributed by atoms with Crippen LogP contribution in [0, 0.1) is 11.8 Å². The Morgan fingerprint density at radius 3 is 2.65 bits per heavy atom. The van der Waals surface area contributed by atoms with E-state index in [1.54, 1.807) is 0 Å². The summed E-state index contributed by atoms with van der Waals surface area (Å²) in [7, 11) is 1.82.